The molecule has 3 rings (SSSR count). The minimum absolute atomic E-state index is 0.752. The molecule has 2 aliphatic rings. The van der Waals surface area contributed by atoms with E-state index in [1.807, 2.05) is 0 Å². The smallest absolute Gasteiger partial charge is 0.119 e. The molecule has 0 atom stereocenters. The van der Waals surface area contributed by atoms with Crippen molar-refractivity contribution in [3.8, 4) is 5.75 Å². The van der Waals surface area contributed by atoms with E-state index >= 15 is 0 Å². The van der Waals surface area contributed by atoms with Crippen LogP contribution >= 0.6 is 0 Å². The Balaban J connectivity index is 1.48. The third-order valence-electron chi connectivity index (χ3n) is 5.32. The second-order valence-corrected chi connectivity index (χ2v) is 7.09. The van der Waals surface area contributed by atoms with Crippen LogP contribution in [0.2, 0.25) is 0 Å². The molecular formula is C19H28O. The fourth-order valence-electron chi connectivity index (χ4n) is 4.39. The van der Waals surface area contributed by atoms with Crippen LogP contribution in [-0.2, 0) is 0 Å². The van der Waals surface area contributed by atoms with Crippen molar-refractivity contribution in [1.82, 2.24) is 0 Å². The van der Waals surface area contributed by atoms with E-state index in [0.717, 1.165) is 36.0 Å². The van der Waals surface area contributed by atoms with Gasteiger partial charge in [-0.3, -0.25) is 0 Å². The summed E-state index contributed by atoms with van der Waals surface area (Å²) in [6, 6.07) is 8.86. The third kappa shape index (κ3) is 2.73. The molecule has 0 aliphatic heterocycles. The highest BCUT2D eigenvalue weighted by Gasteiger charge is 2.52. The van der Waals surface area contributed by atoms with Gasteiger partial charge in [-0.25, -0.2) is 0 Å². The van der Waals surface area contributed by atoms with Crippen molar-refractivity contribution < 1.29 is 4.74 Å². The van der Waals surface area contributed by atoms with Gasteiger partial charge in [0.05, 0.1) is 6.61 Å². The lowest BCUT2D eigenvalue weighted by Crippen LogP contribution is -2.46. The lowest BCUT2D eigenvalue weighted by Gasteiger charge is -2.58. The molecular weight excluding hydrogens is 244 g/mol. The second kappa shape index (κ2) is 5.79. The van der Waals surface area contributed by atoms with E-state index in [9.17, 15) is 0 Å². The zero-order valence-electron chi connectivity index (χ0n) is 13.0. The predicted octanol–water partition coefficient (Wildman–Crippen LogP) is 5.55. The first-order valence-electron chi connectivity index (χ1n) is 8.47. The Hall–Kier alpha value is -0.980. The second-order valence-electron chi connectivity index (χ2n) is 7.09. The molecule has 2 aliphatic carbocycles. The standard InChI is InChI=1S/C19H28O/c1-3-5-15-11-19(12-15)13-17(14-19)16-6-8-18(9-7-16)20-10-4-2/h6-9,15,17H,3-5,10-14H2,1-2H3. The quantitative estimate of drug-likeness (QED) is 0.659. The van der Waals surface area contributed by atoms with Crippen LogP contribution in [0.4, 0.5) is 0 Å². The molecule has 0 radical (unpaired) electrons. The van der Waals surface area contributed by atoms with Crippen molar-refractivity contribution in [3.63, 3.8) is 0 Å². The van der Waals surface area contributed by atoms with Crippen molar-refractivity contribution in [3.05, 3.63) is 29.8 Å². The monoisotopic (exact) mass is 272 g/mol. The number of rotatable bonds is 6. The maximum atomic E-state index is 5.66. The summed E-state index contributed by atoms with van der Waals surface area (Å²) in [5, 5.41) is 0. The molecule has 1 heteroatoms. The number of hydrogen-bond donors (Lipinski definition) is 0. The molecule has 110 valence electrons. The molecule has 1 aromatic rings. The zero-order chi connectivity index (χ0) is 14.0. The largest absolute Gasteiger partial charge is 0.494 e. The van der Waals surface area contributed by atoms with Crippen molar-refractivity contribution >= 4 is 0 Å². The molecule has 0 N–H and O–H groups in total. The Kier molecular flexibility index (Phi) is 4.05. The molecule has 2 fully saturated rings. The van der Waals surface area contributed by atoms with Gasteiger partial charge in [0, 0.05) is 0 Å². The van der Waals surface area contributed by atoms with E-state index in [0.29, 0.717) is 0 Å². The first-order chi connectivity index (χ1) is 9.74. The van der Waals surface area contributed by atoms with Crippen molar-refractivity contribution in [1.29, 1.82) is 0 Å². The van der Waals surface area contributed by atoms with Crippen LogP contribution < -0.4 is 4.74 Å². The summed E-state index contributed by atoms with van der Waals surface area (Å²) < 4.78 is 5.66. The van der Waals surface area contributed by atoms with Gasteiger partial charge in [-0.1, -0.05) is 38.8 Å². The van der Waals surface area contributed by atoms with Gasteiger partial charge in [-0.05, 0) is 67.1 Å². The fraction of sp³-hybridized carbons (Fsp3) is 0.684. The molecule has 2 saturated carbocycles. The summed E-state index contributed by atoms with van der Waals surface area (Å²) in [7, 11) is 0. The number of ether oxygens (including phenoxy) is 1. The molecule has 20 heavy (non-hydrogen) atoms. The Bertz CT molecular complexity index is 420. The summed E-state index contributed by atoms with van der Waals surface area (Å²) in [4.78, 5) is 0. The third-order valence-corrected chi connectivity index (χ3v) is 5.32. The Morgan fingerprint density at radius 2 is 1.70 bits per heavy atom. The van der Waals surface area contributed by atoms with E-state index in [1.165, 1.54) is 44.1 Å². The van der Waals surface area contributed by atoms with Gasteiger partial charge < -0.3 is 4.74 Å². The summed E-state index contributed by atoms with van der Waals surface area (Å²) in [5.74, 6) is 2.89. The maximum Gasteiger partial charge on any atom is 0.119 e. The highest BCUT2D eigenvalue weighted by Crippen LogP contribution is 2.64. The minimum Gasteiger partial charge on any atom is -0.494 e. The molecule has 1 spiro atoms. The van der Waals surface area contributed by atoms with Crippen LogP contribution in [0, 0.1) is 11.3 Å². The van der Waals surface area contributed by atoms with Crippen LogP contribution in [0.25, 0.3) is 0 Å². The molecule has 1 nitrogen and oxygen atoms in total. The lowest BCUT2D eigenvalue weighted by atomic mass is 9.47. The van der Waals surface area contributed by atoms with Gasteiger partial charge >= 0.3 is 0 Å². The van der Waals surface area contributed by atoms with Gasteiger partial charge in [0.1, 0.15) is 5.75 Å². The zero-order valence-corrected chi connectivity index (χ0v) is 13.0. The van der Waals surface area contributed by atoms with E-state index < -0.39 is 0 Å². The molecule has 0 saturated heterocycles. The highest BCUT2D eigenvalue weighted by molar-refractivity contribution is 5.31. The average molecular weight is 272 g/mol. The highest BCUT2D eigenvalue weighted by atomic mass is 16.5. The SMILES string of the molecule is CCCOc1ccc(C2CC3(CC(CCC)C3)C2)cc1. The van der Waals surface area contributed by atoms with Gasteiger partial charge in [0.2, 0.25) is 0 Å². The van der Waals surface area contributed by atoms with E-state index in [2.05, 4.69) is 38.1 Å². The summed E-state index contributed by atoms with van der Waals surface area (Å²) in [5.41, 5.74) is 2.28. The lowest BCUT2D eigenvalue weighted by molar-refractivity contribution is -0.0446. The van der Waals surface area contributed by atoms with Crippen molar-refractivity contribution in [2.24, 2.45) is 11.3 Å². The number of benzene rings is 1. The molecule has 0 aromatic heterocycles. The summed E-state index contributed by atoms with van der Waals surface area (Å²) in [6.45, 7) is 5.29. The van der Waals surface area contributed by atoms with Crippen LogP contribution in [-0.4, -0.2) is 6.61 Å². The van der Waals surface area contributed by atoms with Crippen molar-refractivity contribution in [2.45, 2.75) is 64.7 Å². The average Bonchev–Trinajstić information content (AvgIpc) is 2.38. The van der Waals surface area contributed by atoms with Gasteiger partial charge in [0.25, 0.3) is 0 Å². The molecule has 0 bridgehead atoms. The summed E-state index contributed by atoms with van der Waals surface area (Å²) >= 11 is 0. The normalized spacial score (nSPS) is 31.7. The molecule has 1 aromatic carbocycles. The number of hydrogen-bond acceptors (Lipinski definition) is 1. The Labute approximate surface area is 123 Å². The summed E-state index contributed by atoms with van der Waals surface area (Å²) in [6.07, 6.45) is 9.78. The van der Waals surface area contributed by atoms with E-state index in [4.69, 9.17) is 4.74 Å². The predicted molar refractivity (Wildman–Crippen MR) is 84.3 cm³/mol. The first-order valence-corrected chi connectivity index (χ1v) is 8.47. The topological polar surface area (TPSA) is 9.23 Å². The van der Waals surface area contributed by atoms with Gasteiger partial charge in [-0.2, -0.15) is 0 Å². The van der Waals surface area contributed by atoms with Crippen LogP contribution in [0.5, 0.6) is 5.75 Å². The van der Waals surface area contributed by atoms with Crippen molar-refractivity contribution in [2.75, 3.05) is 6.61 Å². The first kappa shape index (κ1) is 14.0. The molecule has 0 heterocycles. The van der Waals surface area contributed by atoms with Crippen LogP contribution in [0.15, 0.2) is 24.3 Å². The minimum atomic E-state index is 0.752. The van der Waals surface area contributed by atoms with Crippen LogP contribution in [0.1, 0.15) is 70.3 Å². The Morgan fingerprint density at radius 3 is 2.30 bits per heavy atom. The molecule has 0 unspecified atom stereocenters. The molecule has 0 amide bonds. The Morgan fingerprint density at radius 1 is 1.00 bits per heavy atom. The van der Waals surface area contributed by atoms with Crippen LogP contribution in [0.3, 0.4) is 0 Å². The fourth-order valence-corrected chi connectivity index (χ4v) is 4.39. The van der Waals surface area contributed by atoms with Gasteiger partial charge in [0.15, 0.2) is 0 Å². The van der Waals surface area contributed by atoms with E-state index in [1.54, 1.807) is 0 Å². The van der Waals surface area contributed by atoms with Gasteiger partial charge in [-0.15, -0.1) is 0 Å². The van der Waals surface area contributed by atoms with E-state index in [-0.39, 0.29) is 0 Å². The maximum absolute atomic E-state index is 5.66.